The number of carbonyl (C=O) groups is 1. The molecule has 0 radical (unpaired) electrons. The molecule has 2 N–H and O–H groups in total. The fourth-order valence-corrected chi connectivity index (χ4v) is 2.48. The zero-order chi connectivity index (χ0) is 15.5. The molecular formula is C19H17NO2. The molecule has 0 fully saturated rings. The number of benzene rings is 3. The Bertz CT molecular complexity index is 804. The number of carbonyl (C=O) groups excluding carboxylic acids is 1. The lowest BCUT2D eigenvalue weighted by molar-refractivity contribution is 0.0786. The molecule has 3 heteroatoms. The maximum Gasteiger partial charge on any atom is 0.253 e. The van der Waals surface area contributed by atoms with Crippen molar-refractivity contribution in [2.75, 3.05) is 0 Å². The minimum Gasteiger partial charge on any atom is -0.369 e. The van der Waals surface area contributed by atoms with Crippen LogP contribution >= 0.6 is 0 Å². The van der Waals surface area contributed by atoms with Crippen LogP contribution in [0.3, 0.4) is 0 Å². The number of rotatable bonds is 3. The SMILES string of the molecule is Cc1ccc(C(=O)NC(O)c2cccc3ccccc23)cc1. The standard InChI is InChI=1S/C19H17NO2/c1-13-9-11-15(12-10-13)18(21)20-19(22)17-8-4-6-14-5-2-3-7-16(14)17/h2-12,19,22H,1H3,(H,20,21). The van der Waals surface area contributed by atoms with Gasteiger partial charge in [-0.05, 0) is 29.8 Å². The fourth-order valence-electron chi connectivity index (χ4n) is 2.48. The van der Waals surface area contributed by atoms with E-state index in [1.807, 2.05) is 61.5 Å². The quantitative estimate of drug-likeness (QED) is 0.725. The van der Waals surface area contributed by atoms with Crippen LogP contribution in [0.4, 0.5) is 0 Å². The van der Waals surface area contributed by atoms with E-state index in [1.165, 1.54) is 0 Å². The first-order valence-electron chi connectivity index (χ1n) is 7.18. The number of hydrogen-bond donors (Lipinski definition) is 2. The molecule has 3 nitrogen and oxygen atoms in total. The summed E-state index contributed by atoms with van der Waals surface area (Å²) >= 11 is 0. The normalized spacial score (nSPS) is 12.1. The predicted molar refractivity (Wildman–Crippen MR) is 87.6 cm³/mol. The van der Waals surface area contributed by atoms with Crippen LogP contribution in [0.25, 0.3) is 10.8 Å². The molecule has 0 aliphatic rings. The van der Waals surface area contributed by atoms with E-state index in [2.05, 4.69) is 5.32 Å². The Morgan fingerprint density at radius 3 is 2.41 bits per heavy atom. The molecule has 110 valence electrons. The molecule has 1 unspecified atom stereocenters. The minimum absolute atomic E-state index is 0.291. The summed E-state index contributed by atoms with van der Waals surface area (Å²) in [5, 5.41) is 15.0. The predicted octanol–water partition coefficient (Wildman–Crippen LogP) is 3.57. The molecule has 0 saturated heterocycles. The van der Waals surface area contributed by atoms with Crippen LogP contribution in [0, 0.1) is 6.92 Å². The first-order valence-corrected chi connectivity index (χ1v) is 7.18. The van der Waals surface area contributed by atoms with Crippen LogP contribution in [0.15, 0.2) is 66.7 Å². The number of fused-ring (bicyclic) bond motifs is 1. The second kappa shape index (κ2) is 6.00. The molecule has 1 amide bonds. The zero-order valence-electron chi connectivity index (χ0n) is 12.3. The average molecular weight is 291 g/mol. The van der Waals surface area contributed by atoms with Gasteiger partial charge >= 0.3 is 0 Å². The van der Waals surface area contributed by atoms with E-state index in [9.17, 15) is 9.90 Å². The summed E-state index contributed by atoms with van der Waals surface area (Å²) in [5.74, 6) is -0.291. The molecule has 3 aromatic carbocycles. The molecule has 3 rings (SSSR count). The van der Waals surface area contributed by atoms with Gasteiger partial charge in [-0.1, -0.05) is 60.2 Å². The smallest absolute Gasteiger partial charge is 0.253 e. The molecule has 0 bridgehead atoms. The van der Waals surface area contributed by atoms with Crippen molar-refractivity contribution < 1.29 is 9.90 Å². The number of aryl methyl sites for hydroxylation is 1. The first kappa shape index (κ1) is 14.3. The molecule has 0 heterocycles. The minimum atomic E-state index is -1.04. The van der Waals surface area contributed by atoms with Gasteiger partial charge in [0.05, 0.1) is 0 Å². The van der Waals surface area contributed by atoms with E-state index in [4.69, 9.17) is 0 Å². The Labute approximate surface area is 129 Å². The van der Waals surface area contributed by atoms with Gasteiger partial charge in [0.15, 0.2) is 6.23 Å². The van der Waals surface area contributed by atoms with Gasteiger partial charge < -0.3 is 10.4 Å². The monoisotopic (exact) mass is 291 g/mol. The zero-order valence-corrected chi connectivity index (χ0v) is 12.3. The van der Waals surface area contributed by atoms with Crippen molar-refractivity contribution in [3.8, 4) is 0 Å². The van der Waals surface area contributed by atoms with Gasteiger partial charge in [-0.3, -0.25) is 4.79 Å². The van der Waals surface area contributed by atoms with E-state index in [0.29, 0.717) is 11.1 Å². The number of nitrogens with one attached hydrogen (secondary N) is 1. The molecule has 0 aliphatic carbocycles. The third-order valence-electron chi connectivity index (χ3n) is 3.70. The molecule has 0 aliphatic heterocycles. The van der Waals surface area contributed by atoms with E-state index < -0.39 is 6.23 Å². The van der Waals surface area contributed by atoms with Gasteiger partial charge in [0.2, 0.25) is 0 Å². The van der Waals surface area contributed by atoms with Crippen molar-refractivity contribution in [2.24, 2.45) is 0 Å². The maximum absolute atomic E-state index is 12.2. The first-order chi connectivity index (χ1) is 10.6. The highest BCUT2D eigenvalue weighted by Crippen LogP contribution is 2.23. The summed E-state index contributed by atoms with van der Waals surface area (Å²) in [6, 6.07) is 20.7. The highest BCUT2D eigenvalue weighted by molar-refractivity contribution is 5.95. The van der Waals surface area contributed by atoms with E-state index >= 15 is 0 Å². The van der Waals surface area contributed by atoms with Crippen molar-refractivity contribution in [3.63, 3.8) is 0 Å². The maximum atomic E-state index is 12.2. The Kier molecular flexibility index (Phi) is 3.90. The van der Waals surface area contributed by atoms with Crippen LogP contribution in [0.5, 0.6) is 0 Å². The number of aliphatic hydroxyl groups excluding tert-OH is 1. The molecular weight excluding hydrogens is 274 g/mol. The highest BCUT2D eigenvalue weighted by Gasteiger charge is 2.14. The number of aliphatic hydroxyl groups is 1. The third kappa shape index (κ3) is 2.85. The van der Waals surface area contributed by atoms with Crippen LogP contribution in [-0.4, -0.2) is 11.0 Å². The summed E-state index contributed by atoms with van der Waals surface area (Å²) in [6.45, 7) is 1.96. The summed E-state index contributed by atoms with van der Waals surface area (Å²) in [5.41, 5.74) is 2.31. The molecule has 3 aromatic rings. The Balaban J connectivity index is 1.85. The van der Waals surface area contributed by atoms with Gasteiger partial charge in [-0.25, -0.2) is 0 Å². The molecule has 22 heavy (non-hydrogen) atoms. The van der Waals surface area contributed by atoms with Gasteiger partial charge in [-0.15, -0.1) is 0 Å². The van der Waals surface area contributed by atoms with Crippen molar-refractivity contribution in [1.82, 2.24) is 5.32 Å². The number of hydrogen-bond acceptors (Lipinski definition) is 2. The molecule has 1 atom stereocenters. The molecule has 0 saturated carbocycles. The van der Waals surface area contributed by atoms with Crippen LogP contribution in [0.1, 0.15) is 27.7 Å². The summed E-state index contributed by atoms with van der Waals surface area (Å²) < 4.78 is 0. The van der Waals surface area contributed by atoms with Crippen LogP contribution in [-0.2, 0) is 0 Å². The molecule has 0 aromatic heterocycles. The molecule has 0 spiro atoms. The Morgan fingerprint density at radius 1 is 0.955 bits per heavy atom. The van der Waals surface area contributed by atoms with Gasteiger partial charge in [-0.2, -0.15) is 0 Å². The fraction of sp³-hybridized carbons (Fsp3) is 0.105. The lowest BCUT2D eigenvalue weighted by Gasteiger charge is -2.15. The van der Waals surface area contributed by atoms with Crippen molar-refractivity contribution in [1.29, 1.82) is 0 Å². The lowest BCUT2D eigenvalue weighted by atomic mass is 10.0. The highest BCUT2D eigenvalue weighted by atomic mass is 16.3. The van der Waals surface area contributed by atoms with Crippen molar-refractivity contribution in [2.45, 2.75) is 13.2 Å². The lowest BCUT2D eigenvalue weighted by Crippen LogP contribution is -2.28. The third-order valence-corrected chi connectivity index (χ3v) is 3.70. The average Bonchev–Trinajstić information content (AvgIpc) is 2.54. The van der Waals surface area contributed by atoms with Crippen LogP contribution in [0.2, 0.25) is 0 Å². The van der Waals surface area contributed by atoms with Crippen molar-refractivity contribution in [3.05, 3.63) is 83.4 Å². The second-order valence-corrected chi connectivity index (χ2v) is 5.31. The summed E-state index contributed by atoms with van der Waals surface area (Å²) in [7, 11) is 0. The Morgan fingerprint density at radius 2 is 1.64 bits per heavy atom. The van der Waals surface area contributed by atoms with Gasteiger partial charge in [0.25, 0.3) is 5.91 Å². The van der Waals surface area contributed by atoms with Gasteiger partial charge in [0.1, 0.15) is 0 Å². The van der Waals surface area contributed by atoms with Crippen LogP contribution < -0.4 is 5.32 Å². The number of amides is 1. The summed E-state index contributed by atoms with van der Waals surface area (Å²) in [6.07, 6.45) is -1.04. The van der Waals surface area contributed by atoms with E-state index in [1.54, 1.807) is 12.1 Å². The second-order valence-electron chi connectivity index (χ2n) is 5.31. The van der Waals surface area contributed by atoms with E-state index in [-0.39, 0.29) is 5.91 Å². The Hall–Kier alpha value is -2.65. The summed E-state index contributed by atoms with van der Waals surface area (Å²) in [4.78, 5) is 12.2. The van der Waals surface area contributed by atoms with E-state index in [0.717, 1.165) is 16.3 Å². The van der Waals surface area contributed by atoms with Gasteiger partial charge in [0, 0.05) is 11.1 Å². The largest absolute Gasteiger partial charge is 0.369 e. The topological polar surface area (TPSA) is 49.3 Å². The van der Waals surface area contributed by atoms with Crippen molar-refractivity contribution >= 4 is 16.7 Å².